The van der Waals surface area contributed by atoms with Crippen LogP contribution in [0.5, 0.6) is 0 Å². The molecular formula is C17H16N4O2S. The van der Waals surface area contributed by atoms with Crippen LogP contribution in [0.3, 0.4) is 0 Å². The van der Waals surface area contributed by atoms with Gasteiger partial charge in [0.15, 0.2) is 5.65 Å². The van der Waals surface area contributed by atoms with Crippen LogP contribution >= 0.6 is 11.8 Å². The first kappa shape index (κ1) is 16.2. The minimum Gasteiger partial charge on any atom is -0.468 e. The molecule has 0 aliphatic carbocycles. The summed E-state index contributed by atoms with van der Waals surface area (Å²) in [7, 11) is 1.40. The first-order valence-corrected chi connectivity index (χ1v) is 8.48. The van der Waals surface area contributed by atoms with Crippen molar-refractivity contribution < 1.29 is 9.53 Å². The Morgan fingerprint density at radius 3 is 2.96 bits per heavy atom. The summed E-state index contributed by atoms with van der Waals surface area (Å²) >= 11 is 1.52. The van der Waals surface area contributed by atoms with E-state index in [0.29, 0.717) is 17.2 Å². The Hall–Kier alpha value is -2.67. The van der Waals surface area contributed by atoms with E-state index < -0.39 is 0 Å². The SMILES string of the molecule is COC(=O)CSCc1cccc(Nc2ccc3nccnc3n2)c1. The Morgan fingerprint density at radius 1 is 1.21 bits per heavy atom. The molecule has 0 bridgehead atoms. The highest BCUT2D eigenvalue weighted by molar-refractivity contribution is 7.99. The number of nitrogens with zero attached hydrogens (tertiary/aromatic N) is 3. The zero-order valence-corrected chi connectivity index (χ0v) is 13.9. The largest absolute Gasteiger partial charge is 0.468 e. The van der Waals surface area contributed by atoms with Gasteiger partial charge in [-0.2, -0.15) is 0 Å². The van der Waals surface area contributed by atoms with Gasteiger partial charge in [-0.1, -0.05) is 12.1 Å². The molecule has 0 radical (unpaired) electrons. The van der Waals surface area contributed by atoms with Crippen LogP contribution in [0.4, 0.5) is 11.5 Å². The molecule has 0 saturated heterocycles. The second kappa shape index (κ2) is 7.74. The van der Waals surface area contributed by atoms with Crippen molar-refractivity contribution in [3.8, 4) is 0 Å². The lowest BCUT2D eigenvalue weighted by atomic mass is 10.2. The number of anilines is 2. The molecule has 3 rings (SSSR count). The van der Waals surface area contributed by atoms with E-state index in [1.54, 1.807) is 12.4 Å². The average Bonchev–Trinajstić information content (AvgIpc) is 2.62. The number of carbonyl (C=O) groups excluding carboxylic acids is 1. The molecule has 0 atom stereocenters. The maximum absolute atomic E-state index is 11.1. The van der Waals surface area contributed by atoms with Crippen molar-refractivity contribution in [1.29, 1.82) is 0 Å². The van der Waals surface area contributed by atoms with Crippen LogP contribution in [0.2, 0.25) is 0 Å². The van der Waals surface area contributed by atoms with Crippen LogP contribution in [0.25, 0.3) is 11.2 Å². The summed E-state index contributed by atoms with van der Waals surface area (Å²) in [5.41, 5.74) is 3.42. The lowest BCUT2D eigenvalue weighted by molar-refractivity contribution is -0.137. The van der Waals surface area contributed by atoms with Gasteiger partial charge in [0.05, 0.1) is 12.9 Å². The molecule has 3 aromatic rings. The molecule has 1 aromatic carbocycles. The molecule has 2 aromatic heterocycles. The summed E-state index contributed by atoms with van der Waals surface area (Å²) in [6.45, 7) is 0. The number of nitrogens with one attached hydrogen (secondary N) is 1. The van der Waals surface area contributed by atoms with Gasteiger partial charge in [-0.05, 0) is 29.8 Å². The lowest BCUT2D eigenvalue weighted by Crippen LogP contribution is -2.03. The van der Waals surface area contributed by atoms with Crippen LogP contribution in [0.1, 0.15) is 5.56 Å². The van der Waals surface area contributed by atoms with Crippen molar-refractivity contribution in [3.05, 3.63) is 54.4 Å². The molecule has 0 spiro atoms. The number of aromatic nitrogens is 3. The first-order chi connectivity index (χ1) is 11.7. The van der Waals surface area contributed by atoms with Crippen LogP contribution in [0.15, 0.2) is 48.8 Å². The van der Waals surface area contributed by atoms with Gasteiger partial charge in [-0.3, -0.25) is 9.78 Å². The van der Waals surface area contributed by atoms with E-state index in [0.717, 1.165) is 22.5 Å². The Bertz CT molecular complexity index is 857. The first-order valence-electron chi connectivity index (χ1n) is 7.33. The van der Waals surface area contributed by atoms with Gasteiger partial charge in [0.25, 0.3) is 0 Å². The lowest BCUT2D eigenvalue weighted by Gasteiger charge is -2.08. The van der Waals surface area contributed by atoms with Gasteiger partial charge < -0.3 is 10.1 Å². The van der Waals surface area contributed by atoms with Gasteiger partial charge in [0.2, 0.25) is 0 Å². The molecule has 6 nitrogen and oxygen atoms in total. The molecule has 0 saturated carbocycles. The topological polar surface area (TPSA) is 77.0 Å². The van der Waals surface area contributed by atoms with E-state index >= 15 is 0 Å². The predicted octanol–water partition coefficient (Wildman–Crippen LogP) is 3.17. The van der Waals surface area contributed by atoms with Gasteiger partial charge >= 0.3 is 5.97 Å². The van der Waals surface area contributed by atoms with E-state index in [1.807, 2.05) is 36.4 Å². The second-order valence-corrected chi connectivity index (χ2v) is 5.98. The minimum absolute atomic E-state index is 0.212. The molecule has 1 N–H and O–H groups in total. The van der Waals surface area contributed by atoms with E-state index in [2.05, 4.69) is 25.0 Å². The molecule has 0 aliphatic heterocycles. The highest BCUT2D eigenvalue weighted by Crippen LogP contribution is 2.20. The van der Waals surface area contributed by atoms with Crippen molar-refractivity contribution in [1.82, 2.24) is 15.0 Å². The summed E-state index contributed by atoms with van der Waals surface area (Å²) in [6.07, 6.45) is 3.27. The summed E-state index contributed by atoms with van der Waals surface area (Å²) < 4.78 is 4.63. The van der Waals surface area contributed by atoms with Crippen LogP contribution < -0.4 is 5.32 Å². The number of hydrogen-bond donors (Lipinski definition) is 1. The average molecular weight is 340 g/mol. The van der Waals surface area contributed by atoms with Gasteiger partial charge in [0, 0.05) is 23.8 Å². The summed E-state index contributed by atoms with van der Waals surface area (Å²) in [4.78, 5) is 24.0. The van der Waals surface area contributed by atoms with Gasteiger partial charge in [-0.25, -0.2) is 9.97 Å². The highest BCUT2D eigenvalue weighted by Gasteiger charge is 2.03. The van der Waals surface area contributed by atoms with E-state index in [1.165, 1.54) is 18.9 Å². The second-order valence-electron chi connectivity index (χ2n) is 4.99. The smallest absolute Gasteiger partial charge is 0.315 e. The number of rotatable bonds is 6. The third kappa shape index (κ3) is 4.20. The molecule has 24 heavy (non-hydrogen) atoms. The van der Waals surface area contributed by atoms with Crippen molar-refractivity contribution >= 4 is 40.4 Å². The molecule has 0 amide bonds. The quantitative estimate of drug-likeness (QED) is 0.691. The van der Waals surface area contributed by atoms with Crippen LogP contribution in [0, 0.1) is 0 Å². The van der Waals surface area contributed by atoms with Gasteiger partial charge in [0.1, 0.15) is 11.3 Å². The van der Waals surface area contributed by atoms with Crippen LogP contribution in [-0.2, 0) is 15.3 Å². The molecule has 0 aliphatic rings. The Labute approximate surface area is 143 Å². The Morgan fingerprint density at radius 2 is 2.08 bits per heavy atom. The molecular weight excluding hydrogens is 324 g/mol. The monoisotopic (exact) mass is 340 g/mol. The fraction of sp³-hybridized carbons (Fsp3) is 0.176. The maximum atomic E-state index is 11.1. The number of carbonyl (C=O) groups is 1. The normalized spacial score (nSPS) is 10.5. The number of fused-ring (bicyclic) bond motifs is 1. The molecule has 2 heterocycles. The summed E-state index contributed by atoms with van der Waals surface area (Å²) in [6, 6.07) is 11.7. The fourth-order valence-corrected chi connectivity index (χ4v) is 2.92. The standard InChI is InChI=1S/C17H16N4O2S/c1-23-16(22)11-24-10-12-3-2-4-13(9-12)20-15-6-5-14-17(21-15)19-8-7-18-14/h2-9H,10-11H2,1H3,(H,19,20,21). The fourth-order valence-electron chi connectivity index (χ4n) is 2.12. The van der Waals surface area contributed by atoms with E-state index in [-0.39, 0.29) is 5.97 Å². The van der Waals surface area contributed by atoms with Crippen molar-refractivity contribution in [2.45, 2.75) is 5.75 Å². The molecule has 7 heteroatoms. The summed E-state index contributed by atoms with van der Waals surface area (Å²) in [5, 5.41) is 3.27. The number of benzene rings is 1. The highest BCUT2D eigenvalue weighted by atomic mass is 32.2. The number of hydrogen-bond acceptors (Lipinski definition) is 7. The van der Waals surface area contributed by atoms with Gasteiger partial charge in [-0.15, -0.1) is 11.8 Å². The minimum atomic E-state index is -0.212. The summed E-state index contributed by atoms with van der Waals surface area (Å²) in [5.74, 6) is 1.58. The number of thioether (sulfide) groups is 1. The Kier molecular flexibility index (Phi) is 5.22. The zero-order valence-electron chi connectivity index (χ0n) is 13.1. The number of ether oxygens (including phenoxy) is 1. The predicted molar refractivity (Wildman–Crippen MR) is 95.2 cm³/mol. The van der Waals surface area contributed by atoms with Crippen LogP contribution in [-0.4, -0.2) is 33.8 Å². The van der Waals surface area contributed by atoms with E-state index in [9.17, 15) is 4.79 Å². The molecule has 0 unspecified atom stereocenters. The van der Waals surface area contributed by atoms with E-state index in [4.69, 9.17) is 0 Å². The third-order valence-corrected chi connectivity index (χ3v) is 4.22. The van der Waals surface area contributed by atoms with Crippen molar-refractivity contribution in [2.75, 3.05) is 18.2 Å². The number of esters is 1. The zero-order chi connectivity index (χ0) is 16.8. The molecule has 0 fully saturated rings. The molecule has 122 valence electrons. The third-order valence-electron chi connectivity index (χ3n) is 3.25. The number of pyridine rings is 1. The van der Waals surface area contributed by atoms with Crippen molar-refractivity contribution in [2.24, 2.45) is 0 Å². The number of methoxy groups -OCH3 is 1. The van der Waals surface area contributed by atoms with Crippen molar-refractivity contribution in [3.63, 3.8) is 0 Å². The Balaban J connectivity index is 1.68. The maximum Gasteiger partial charge on any atom is 0.315 e.